The SMILES string of the molecule is NCCN1C[C@@H](OCc2ccccc2)[C@H](OCc2ccccc2)[C@@H]1COCc1ccccc1. The highest BCUT2D eigenvalue weighted by atomic mass is 16.5. The molecule has 5 heteroatoms. The normalized spacial score (nSPS) is 20.8. The highest BCUT2D eigenvalue weighted by Gasteiger charge is 2.43. The molecule has 1 fully saturated rings. The molecule has 174 valence electrons. The monoisotopic (exact) mass is 446 g/mol. The fourth-order valence-corrected chi connectivity index (χ4v) is 4.33. The average Bonchev–Trinajstić information content (AvgIpc) is 3.19. The van der Waals surface area contributed by atoms with Crippen molar-refractivity contribution in [1.82, 2.24) is 4.90 Å². The van der Waals surface area contributed by atoms with E-state index in [9.17, 15) is 0 Å². The van der Waals surface area contributed by atoms with Gasteiger partial charge in [-0.05, 0) is 16.7 Å². The van der Waals surface area contributed by atoms with E-state index in [4.69, 9.17) is 19.9 Å². The Kier molecular flexibility index (Phi) is 9.04. The molecule has 1 saturated heterocycles. The van der Waals surface area contributed by atoms with Gasteiger partial charge in [0.05, 0.1) is 38.6 Å². The molecule has 1 heterocycles. The number of ether oxygens (including phenoxy) is 3. The molecule has 1 aliphatic heterocycles. The maximum atomic E-state index is 6.49. The maximum absolute atomic E-state index is 6.49. The molecule has 0 aliphatic carbocycles. The Bertz CT molecular complexity index is 924. The van der Waals surface area contributed by atoms with Crippen LogP contribution in [0, 0.1) is 0 Å². The van der Waals surface area contributed by atoms with E-state index in [1.807, 2.05) is 54.6 Å². The van der Waals surface area contributed by atoms with E-state index in [1.165, 1.54) is 5.56 Å². The van der Waals surface area contributed by atoms with Gasteiger partial charge in [0.25, 0.3) is 0 Å². The van der Waals surface area contributed by atoms with E-state index < -0.39 is 0 Å². The van der Waals surface area contributed by atoms with E-state index in [0.29, 0.717) is 33.0 Å². The molecule has 3 aromatic carbocycles. The largest absolute Gasteiger partial charge is 0.375 e. The highest BCUT2D eigenvalue weighted by Crippen LogP contribution is 2.26. The summed E-state index contributed by atoms with van der Waals surface area (Å²) in [6.45, 7) is 4.41. The molecular weight excluding hydrogens is 412 g/mol. The van der Waals surface area contributed by atoms with Crippen molar-refractivity contribution < 1.29 is 14.2 Å². The predicted molar refractivity (Wildman–Crippen MR) is 131 cm³/mol. The third-order valence-corrected chi connectivity index (χ3v) is 6.04. The summed E-state index contributed by atoms with van der Waals surface area (Å²) in [7, 11) is 0. The highest BCUT2D eigenvalue weighted by molar-refractivity contribution is 5.15. The standard InChI is InChI=1S/C28H34N2O3/c29-16-17-30-18-27(32-20-24-12-6-2-7-13-24)28(33-21-25-14-8-3-9-15-25)26(30)22-31-19-23-10-4-1-5-11-23/h1-15,26-28H,16-22,29H2/t26-,27+,28+/m0/s1. The van der Waals surface area contributed by atoms with E-state index in [1.54, 1.807) is 0 Å². The van der Waals surface area contributed by atoms with E-state index in [-0.39, 0.29) is 18.2 Å². The summed E-state index contributed by atoms with van der Waals surface area (Å²) in [5.41, 5.74) is 9.43. The fourth-order valence-electron chi connectivity index (χ4n) is 4.33. The first-order chi connectivity index (χ1) is 16.3. The summed E-state index contributed by atoms with van der Waals surface area (Å²) in [6, 6.07) is 30.9. The minimum atomic E-state index is -0.101. The molecule has 0 unspecified atom stereocenters. The molecule has 5 nitrogen and oxygen atoms in total. The summed E-state index contributed by atoms with van der Waals surface area (Å²) in [5, 5.41) is 0. The lowest BCUT2D eigenvalue weighted by atomic mass is 10.1. The first-order valence-corrected chi connectivity index (χ1v) is 11.7. The number of nitrogens with two attached hydrogens (primary N) is 1. The van der Waals surface area contributed by atoms with Gasteiger partial charge in [-0.2, -0.15) is 0 Å². The van der Waals surface area contributed by atoms with Gasteiger partial charge < -0.3 is 19.9 Å². The second kappa shape index (κ2) is 12.6. The Hall–Kier alpha value is -2.54. The van der Waals surface area contributed by atoms with Crippen molar-refractivity contribution in [3.05, 3.63) is 108 Å². The van der Waals surface area contributed by atoms with Crippen LogP contribution in [0.25, 0.3) is 0 Å². The number of nitrogens with zero attached hydrogens (tertiary/aromatic N) is 1. The number of rotatable bonds is 12. The van der Waals surface area contributed by atoms with Crippen molar-refractivity contribution in [3.63, 3.8) is 0 Å². The van der Waals surface area contributed by atoms with Gasteiger partial charge in [0.1, 0.15) is 6.10 Å². The van der Waals surface area contributed by atoms with Crippen LogP contribution in [0.2, 0.25) is 0 Å². The van der Waals surface area contributed by atoms with Gasteiger partial charge >= 0.3 is 0 Å². The molecule has 3 atom stereocenters. The van der Waals surface area contributed by atoms with Crippen molar-refractivity contribution in [2.45, 2.75) is 38.1 Å². The zero-order valence-corrected chi connectivity index (χ0v) is 19.1. The molecule has 0 radical (unpaired) electrons. The van der Waals surface area contributed by atoms with Gasteiger partial charge in [-0.3, -0.25) is 4.90 Å². The zero-order chi connectivity index (χ0) is 22.7. The fraction of sp³-hybridized carbons (Fsp3) is 0.357. The van der Waals surface area contributed by atoms with Crippen LogP contribution < -0.4 is 5.73 Å². The van der Waals surface area contributed by atoms with Gasteiger partial charge in [0.2, 0.25) is 0 Å². The first-order valence-electron chi connectivity index (χ1n) is 11.7. The molecule has 0 bridgehead atoms. The van der Waals surface area contributed by atoms with Crippen molar-refractivity contribution in [3.8, 4) is 0 Å². The molecular formula is C28H34N2O3. The summed E-state index contributed by atoms with van der Waals surface area (Å²) in [6.07, 6.45) is -0.151. The van der Waals surface area contributed by atoms with Gasteiger partial charge in [-0.1, -0.05) is 91.0 Å². The van der Waals surface area contributed by atoms with Crippen LogP contribution in [0.1, 0.15) is 16.7 Å². The Morgan fingerprint density at radius 3 is 1.76 bits per heavy atom. The number of hydrogen-bond acceptors (Lipinski definition) is 5. The van der Waals surface area contributed by atoms with Crippen molar-refractivity contribution >= 4 is 0 Å². The molecule has 0 spiro atoms. The minimum Gasteiger partial charge on any atom is -0.375 e. The van der Waals surface area contributed by atoms with Crippen LogP contribution in [-0.4, -0.2) is 49.4 Å². The topological polar surface area (TPSA) is 57.0 Å². The number of likely N-dealkylation sites (tertiary alicyclic amines) is 1. The Morgan fingerprint density at radius 1 is 0.697 bits per heavy atom. The quantitative estimate of drug-likeness (QED) is 0.455. The molecule has 0 amide bonds. The van der Waals surface area contributed by atoms with Crippen LogP contribution in [0.3, 0.4) is 0 Å². The Morgan fingerprint density at radius 2 is 1.21 bits per heavy atom. The van der Waals surface area contributed by atoms with Crippen molar-refractivity contribution in [2.75, 3.05) is 26.2 Å². The van der Waals surface area contributed by atoms with Gasteiger partial charge in [0.15, 0.2) is 0 Å². The second-order valence-electron chi connectivity index (χ2n) is 8.45. The Labute approximate surface area is 197 Å². The van der Waals surface area contributed by atoms with Crippen LogP contribution in [-0.2, 0) is 34.0 Å². The van der Waals surface area contributed by atoms with Gasteiger partial charge in [-0.15, -0.1) is 0 Å². The molecule has 1 aliphatic rings. The Balaban J connectivity index is 1.44. The van der Waals surface area contributed by atoms with E-state index >= 15 is 0 Å². The third-order valence-electron chi connectivity index (χ3n) is 6.04. The molecule has 33 heavy (non-hydrogen) atoms. The molecule has 2 N–H and O–H groups in total. The summed E-state index contributed by atoms with van der Waals surface area (Å²) in [4.78, 5) is 2.36. The smallest absolute Gasteiger partial charge is 0.103 e. The van der Waals surface area contributed by atoms with Crippen molar-refractivity contribution in [1.29, 1.82) is 0 Å². The van der Waals surface area contributed by atoms with Gasteiger partial charge in [0, 0.05) is 19.6 Å². The predicted octanol–water partition coefficient (Wildman–Crippen LogP) is 4.02. The van der Waals surface area contributed by atoms with Crippen molar-refractivity contribution in [2.24, 2.45) is 5.73 Å². The van der Waals surface area contributed by atoms with Gasteiger partial charge in [-0.25, -0.2) is 0 Å². The van der Waals surface area contributed by atoms with E-state index in [2.05, 4.69) is 41.3 Å². The third kappa shape index (κ3) is 6.97. The lowest BCUT2D eigenvalue weighted by molar-refractivity contribution is -0.0816. The first kappa shape index (κ1) is 23.6. The summed E-state index contributed by atoms with van der Waals surface area (Å²) < 4.78 is 19.0. The lowest BCUT2D eigenvalue weighted by Gasteiger charge is -2.28. The molecule has 0 aromatic heterocycles. The zero-order valence-electron chi connectivity index (χ0n) is 19.1. The number of benzene rings is 3. The molecule has 3 aromatic rings. The van der Waals surface area contributed by atoms with Crippen LogP contribution in [0.15, 0.2) is 91.0 Å². The second-order valence-corrected chi connectivity index (χ2v) is 8.45. The van der Waals surface area contributed by atoms with Crippen LogP contribution >= 0.6 is 0 Å². The maximum Gasteiger partial charge on any atom is 0.103 e. The minimum absolute atomic E-state index is 0.0502. The average molecular weight is 447 g/mol. The molecule has 4 rings (SSSR count). The summed E-state index contributed by atoms with van der Waals surface area (Å²) >= 11 is 0. The van der Waals surface area contributed by atoms with Crippen LogP contribution in [0.4, 0.5) is 0 Å². The molecule has 0 saturated carbocycles. The van der Waals surface area contributed by atoms with Crippen LogP contribution in [0.5, 0.6) is 0 Å². The number of hydrogen-bond donors (Lipinski definition) is 1. The van der Waals surface area contributed by atoms with E-state index in [0.717, 1.165) is 24.2 Å². The summed E-state index contributed by atoms with van der Waals surface area (Å²) in [5.74, 6) is 0. The lowest BCUT2D eigenvalue weighted by Crippen LogP contribution is -2.43.